The molecule has 2 unspecified atom stereocenters. The average molecular weight is 164 g/mol. The largest absolute Gasteiger partial charge is 0.295 e. The van der Waals surface area contributed by atoms with Gasteiger partial charge in [0.2, 0.25) is 0 Å². The Kier molecular flexibility index (Phi) is 1.84. The van der Waals surface area contributed by atoms with E-state index in [0.717, 1.165) is 24.9 Å². The third kappa shape index (κ3) is 1.04. The van der Waals surface area contributed by atoms with Crippen molar-refractivity contribution in [1.82, 2.24) is 4.90 Å². The van der Waals surface area contributed by atoms with Crippen molar-refractivity contribution in [3.05, 3.63) is 0 Å². The molecule has 2 heteroatoms. The van der Waals surface area contributed by atoms with Crippen LogP contribution in [0.3, 0.4) is 0 Å². The zero-order valence-electron chi connectivity index (χ0n) is 7.83. The van der Waals surface area contributed by atoms with Gasteiger partial charge in [-0.25, -0.2) is 0 Å². The van der Waals surface area contributed by atoms with Gasteiger partial charge in [-0.2, -0.15) is 5.26 Å². The van der Waals surface area contributed by atoms with Gasteiger partial charge in [-0.15, -0.1) is 0 Å². The summed E-state index contributed by atoms with van der Waals surface area (Å²) in [4.78, 5) is 2.58. The fraction of sp³-hybridized carbons (Fsp3) is 0.900. The van der Waals surface area contributed by atoms with Gasteiger partial charge in [0.05, 0.1) is 6.07 Å². The van der Waals surface area contributed by atoms with Crippen molar-refractivity contribution in [2.24, 2.45) is 5.92 Å². The first-order chi connectivity index (χ1) is 5.72. The minimum absolute atomic E-state index is 0.351. The molecule has 2 atom stereocenters. The minimum atomic E-state index is 0.351. The van der Waals surface area contributed by atoms with Crippen LogP contribution in [0.15, 0.2) is 0 Å². The molecular formula is C10H16N2. The molecule has 0 aromatic heterocycles. The van der Waals surface area contributed by atoms with E-state index >= 15 is 0 Å². The van der Waals surface area contributed by atoms with Crippen LogP contribution in [-0.2, 0) is 0 Å². The van der Waals surface area contributed by atoms with Crippen LogP contribution in [0.25, 0.3) is 0 Å². The highest BCUT2D eigenvalue weighted by atomic mass is 15.3. The first-order valence-corrected chi connectivity index (χ1v) is 4.89. The minimum Gasteiger partial charge on any atom is -0.295 e. The van der Waals surface area contributed by atoms with E-state index in [1.807, 2.05) is 0 Å². The Balaban J connectivity index is 1.99. The van der Waals surface area contributed by atoms with Crippen molar-refractivity contribution < 1.29 is 0 Å². The lowest BCUT2D eigenvalue weighted by atomic mass is 9.73. The molecule has 0 aromatic carbocycles. The summed E-state index contributed by atoms with van der Waals surface area (Å²) >= 11 is 0. The van der Waals surface area contributed by atoms with Crippen LogP contribution in [0.2, 0.25) is 0 Å². The van der Waals surface area contributed by atoms with Crippen molar-refractivity contribution in [2.75, 3.05) is 0 Å². The van der Waals surface area contributed by atoms with Crippen molar-refractivity contribution in [3.8, 4) is 6.07 Å². The van der Waals surface area contributed by atoms with E-state index in [9.17, 15) is 0 Å². The number of hydrogen-bond donors (Lipinski definition) is 0. The number of piperidine rings is 1. The summed E-state index contributed by atoms with van der Waals surface area (Å²) < 4.78 is 0. The lowest BCUT2D eigenvalue weighted by molar-refractivity contribution is -0.0638. The van der Waals surface area contributed by atoms with Crippen LogP contribution in [0.1, 0.15) is 33.1 Å². The molecule has 2 nitrogen and oxygen atoms in total. The van der Waals surface area contributed by atoms with Gasteiger partial charge in [0.1, 0.15) is 0 Å². The monoisotopic (exact) mass is 164 g/mol. The Hall–Kier alpha value is -0.550. The van der Waals surface area contributed by atoms with Crippen LogP contribution < -0.4 is 0 Å². The Bertz CT molecular complexity index is 204. The molecule has 0 aromatic rings. The summed E-state index contributed by atoms with van der Waals surface area (Å²) in [6.45, 7) is 4.51. The molecule has 66 valence electrons. The molecule has 3 aliphatic rings. The van der Waals surface area contributed by atoms with Gasteiger partial charge >= 0.3 is 0 Å². The quantitative estimate of drug-likeness (QED) is 0.590. The van der Waals surface area contributed by atoms with Gasteiger partial charge in [0, 0.05) is 24.0 Å². The molecule has 0 amide bonds. The first kappa shape index (κ1) is 8.07. The highest BCUT2D eigenvalue weighted by molar-refractivity contribution is 5.05. The van der Waals surface area contributed by atoms with E-state index in [2.05, 4.69) is 24.8 Å². The number of fused-ring (bicyclic) bond motifs is 2. The molecular weight excluding hydrogens is 148 g/mol. The fourth-order valence-electron chi connectivity index (χ4n) is 2.86. The van der Waals surface area contributed by atoms with Gasteiger partial charge in [0.15, 0.2) is 0 Å². The second-order valence-electron chi connectivity index (χ2n) is 4.38. The molecule has 2 aliphatic heterocycles. The highest BCUT2D eigenvalue weighted by Crippen LogP contribution is 2.42. The summed E-state index contributed by atoms with van der Waals surface area (Å²) in [6, 6.07) is 4.53. The maximum Gasteiger partial charge on any atom is 0.0657 e. The molecule has 12 heavy (non-hydrogen) atoms. The lowest BCUT2D eigenvalue weighted by Gasteiger charge is -2.56. The van der Waals surface area contributed by atoms with Crippen molar-refractivity contribution in [1.29, 1.82) is 5.26 Å². The lowest BCUT2D eigenvalue weighted by Crippen LogP contribution is -2.62. The zero-order valence-corrected chi connectivity index (χ0v) is 7.83. The second kappa shape index (κ2) is 2.74. The van der Waals surface area contributed by atoms with E-state index in [1.165, 1.54) is 6.42 Å². The van der Waals surface area contributed by atoms with Gasteiger partial charge in [-0.05, 0) is 33.1 Å². The summed E-state index contributed by atoms with van der Waals surface area (Å²) in [5, 5.41) is 8.79. The third-order valence-corrected chi connectivity index (χ3v) is 3.28. The molecule has 2 saturated heterocycles. The Morgan fingerprint density at radius 2 is 1.83 bits per heavy atom. The predicted molar refractivity (Wildman–Crippen MR) is 47.5 cm³/mol. The first-order valence-electron chi connectivity index (χ1n) is 4.89. The molecule has 0 spiro atoms. The van der Waals surface area contributed by atoms with Gasteiger partial charge in [-0.1, -0.05) is 0 Å². The summed E-state index contributed by atoms with van der Waals surface area (Å²) in [6.07, 6.45) is 3.58. The maximum absolute atomic E-state index is 8.79. The van der Waals surface area contributed by atoms with E-state index < -0.39 is 0 Å². The zero-order chi connectivity index (χ0) is 8.72. The molecule has 0 radical (unpaired) electrons. The van der Waals surface area contributed by atoms with Crippen LogP contribution in [-0.4, -0.2) is 23.0 Å². The van der Waals surface area contributed by atoms with Crippen LogP contribution in [0.4, 0.5) is 0 Å². The molecule has 3 rings (SSSR count). The molecule has 1 saturated carbocycles. The molecule has 2 bridgehead atoms. The highest BCUT2D eigenvalue weighted by Gasteiger charge is 2.46. The summed E-state index contributed by atoms with van der Waals surface area (Å²) in [5.41, 5.74) is 0. The normalized spacial score (nSPS) is 40.7. The predicted octanol–water partition coefficient (Wildman–Crippen LogP) is 1.77. The number of nitrogens with zero attached hydrogens (tertiary/aromatic N) is 2. The summed E-state index contributed by atoms with van der Waals surface area (Å²) in [5.74, 6) is 0.351. The third-order valence-electron chi connectivity index (χ3n) is 3.28. The van der Waals surface area contributed by atoms with E-state index in [1.54, 1.807) is 0 Å². The van der Waals surface area contributed by atoms with Crippen molar-refractivity contribution >= 4 is 0 Å². The van der Waals surface area contributed by atoms with Crippen LogP contribution >= 0.6 is 0 Å². The number of rotatable bonds is 1. The van der Waals surface area contributed by atoms with Crippen LogP contribution in [0.5, 0.6) is 0 Å². The number of nitriles is 1. The maximum atomic E-state index is 8.79. The Morgan fingerprint density at radius 3 is 2.25 bits per heavy atom. The fourth-order valence-corrected chi connectivity index (χ4v) is 2.86. The van der Waals surface area contributed by atoms with Gasteiger partial charge in [-0.3, -0.25) is 4.90 Å². The Morgan fingerprint density at radius 1 is 1.25 bits per heavy atom. The van der Waals surface area contributed by atoms with E-state index in [-0.39, 0.29) is 0 Å². The van der Waals surface area contributed by atoms with Crippen molar-refractivity contribution in [3.63, 3.8) is 0 Å². The molecule has 0 N–H and O–H groups in total. The molecule has 3 fully saturated rings. The van der Waals surface area contributed by atoms with Crippen LogP contribution in [0, 0.1) is 17.2 Å². The Labute approximate surface area is 74.2 Å². The second-order valence-corrected chi connectivity index (χ2v) is 4.38. The topological polar surface area (TPSA) is 27.0 Å². The molecule has 2 heterocycles. The van der Waals surface area contributed by atoms with Gasteiger partial charge < -0.3 is 0 Å². The van der Waals surface area contributed by atoms with Crippen molar-refractivity contribution in [2.45, 2.75) is 51.2 Å². The molecule has 1 aliphatic carbocycles. The summed E-state index contributed by atoms with van der Waals surface area (Å²) in [7, 11) is 0. The van der Waals surface area contributed by atoms with Gasteiger partial charge in [0.25, 0.3) is 0 Å². The van der Waals surface area contributed by atoms with E-state index in [0.29, 0.717) is 12.0 Å². The smallest absolute Gasteiger partial charge is 0.0657 e. The number of hydrogen-bond acceptors (Lipinski definition) is 2. The van der Waals surface area contributed by atoms with E-state index in [4.69, 9.17) is 5.26 Å². The SMILES string of the molecule is CC(C)N1C2CC(C#N)CC1C2. The standard InChI is InChI=1S/C10H16N2/c1-7(2)12-9-3-8(6-11)4-10(12)5-9/h7-10H,3-5H2,1-2H3. The average Bonchev–Trinajstić information content (AvgIpc) is 2.03.